The van der Waals surface area contributed by atoms with Crippen molar-refractivity contribution >= 4 is 23.3 Å². The third-order valence-corrected chi connectivity index (χ3v) is 6.70. The fraction of sp³-hybridized carbons (Fsp3) is 0.370. The van der Waals surface area contributed by atoms with Crippen molar-refractivity contribution in [3.8, 4) is 0 Å². The van der Waals surface area contributed by atoms with Gasteiger partial charge in [-0.25, -0.2) is 14.4 Å². The van der Waals surface area contributed by atoms with Crippen LogP contribution in [-0.2, 0) is 28.5 Å². The standard InChI is InChI=1S/C21H19ClF6N4O2.C6H5F/c22-19-29-2-1-17(31-19)30-14-6-15-8-16(9-32(15)18(33)7-14)34-10-11-3-12(20(23,24)25)5-13(4-11)21(26,27)28;7-6-4-2-1-3-5-6/h1-5,14-16H,6-10H2,(H,29,30,31);1-5H. The molecule has 0 bridgehead atoms. The Bertz CT molecular complexity index is 1310. The van der Waals surface area contributed by atoms with E-state index in [2.05, 4.69) is 15.3 Å². The summed E-state index contributed by atoms with van der Waals surface area (Å²) in [6, 6.07) is 10.5. The van der Waals surface area contributed by atoms with Crippen molar-refractivity contribution in [2.75, 3.05) is 11.9 Å². The van der Waals surface area contributed by atoms with Gasteiger partial charge >= 0.3 is 12.4 Å². The minimum atomic E-state index is -4.92. The second kappa shape index (κ2) is 12.6. The summed E-state index contributed by atoms with van der Waals surface area (Å²) in [7, 11) is 0. The molecule has 0 spiro atoms. The van der Waals surface area contributed by atoms with Gasteiger partial charge in [0.25, 0.3) is 0 Å². The summed E-state index contributed by atoms with van der Waals surface area (Å²) >= 11 is 5.78. The van der Waals surface area contributed by atoms with Crippen molar-refractivity contribution < 1.29 is 40.3 Å². The van der Waals surface area contributed by atoms with E-state index in [9.17, 15) is 35.5 Å². The zero-order valence-corrected chi connectivity index (χ0v) is 22.0. The number of nitrogens with zero attached hydrogens (tertiary/aromatic N) is 3. The zero-order chi connectivity index (χ0) is 29.8. The Balaban J connectivity index is 0.000000483. The fourth-order valence-electron chi connectivity index (χ4n) is 4.73. The van der Waals surface area contributed by atoms with Gasteiger partial charge in [0.1, 0.15) is 11.6 Å². The molecule has 3 atom stereocenters. The van der Waals surface area contributed by atoms with Crippen molar-refractivity contribution in [2.24, 2.45) is 0 Å². The number of carbonyl (C=O) groups excluding carboxylic acids is 1. The van der Waals surface area contributed by atoms with Crippen LogP contribution in [0.3, 0.4) is 0 Å². The third kappa shape index (κ3) is 8.52. The van der Waals surface area contributed by atoms with E-state index in [1.54, 1.807) is 29.2 Å². The van der Waals surface area contributed by atoms with Crippen LogP contribution in [0, 0.1) is 5.82 Å². The van der Waals surface area contributed by atoms with E-state index in [1.807, 2.05) is 0 Å². The number of alkyl halides is 6. The predicted molar refractivity (Wildman–Crippen MR) is 135 cm³/mol. The zero-order valence-electron chi connectivity index (χ0n) is 21.2. The molecule has 14 heteroatoms. The number of piperidine rings is 1. The van der Waals surface area contributed by atoms with E-state index in [4.69, 9.17) is 16.3 Å². The van der Waals surface area contributed by atoms with Gasteiger partial charge in [-0.3, -0.25) is 4.79 Å². The van der Waals surface area contributed by atoms with Crippen molar-refractivity contribution in [3.63, 3.8) is 0 Å². The van der Waals surface area contributed by atoms with Crippen LogP contribution in [0.15, 0.2) is 60.8 Å². The minimum absolute atomic E-state index is 0.0614. The maximum atomic E-state index is 13.1. The predicted octanol–water partition coefficient (Wildman–Crippen LogP) is 6.75. The van der Waals surface area contributed by atoms with Gasteiger partial charge in [0.05, 0.1) is 23.8 Å². The highest BCUT2D eigenvalue weighted by molar-refractivity contribution is 6.28. The third-order valence-electron chi connectivity index (χ3n) is 6.52. The van der Waals surface area contributed by atoms with Gasteiger partial charge in [-0.15, -0.1) is 0 Å². The summed E-state index contributed by atoms with van der Waals surface area (Å²) < 4.78 is 95.9. The molecule has 2 saturated heterocycles. The van der Waals surface area contributed by atoms with E-state index in [1.165, 1.54) is 18.3 Å². The molecular formula is C27H24ClF7N4O2. The summed E-state index contributed by atoms with van der Waals surface area (Å²) in [5.74, 6) is 0.169. The SMILES string of the molecule is Fc1ccccc1.O=C1CC(Nc2ccnc(Cl)n2)CC2CC(OCc3cc(C(F)(F)F)cc(C(F)(F)F)c3)CN12. The number of aromatic nitrogens is 2. The first-order chi connectivity index (χ1) is 19.3. The number of rotatable bonds is 5. The Morgan fingerprint density at radius 2 is 1.63 bits per heavy atom. The Morgan fingerprint density at radius 1 is 0.976 bits per heavy atom. The van der Waals surface area contributed by atoms with E-state index in [0.29, 0.717) is 30.8 Å². The molecule has 0 saturated carbocycles. The van der Waals surface area contributed by atoms with Crippen LogP contribution in [-0.4, -0.2) is 45.5 Å². The van der Waals surface area contributed by atoms with Crippen molar-refractivity contribution in [1.29, 1.82) is 0 Å². The first-order valence-electron chi connectivity index (χ1n) is 12.4. The average Bonchev–Trinajstić information content (AvgIpc) is 3.31. The molecule has 2 aromatic carbocycles. The van der Waals surface area contributed by atoms with Crippen LogP contribution >= 0.6 is 11.6 Å². The molecule has 3 unspecified atom stereocenters. The van der Waals surface area contributed by atoms with Crippen LogP contribution < -0.4 is 5.32 Å². The molecule has 1 N–H and O–H groups in total. The number of ether oxygens (including phenoxy) is 1. The first kappa shape index (κ1) is 30.5. The normalized spacial score (nSPS) is 20.7. The molecule has 0 radical (unpaired) electrons. The number of benzene rings is 2. The molecule has 3 heterocycles. The van der Waals surface area contributed by atoms with Gasteiger partial charge in [0.2, 0.25) is 11.2 Å². The first-order valence-corrected chi connectivity index (χ1v) is 12.8. The lowest BCUT2D eigenvalue weighted by Gasteiger charge is -2.34. The van der Waals surface area contributed by atoms with Gasteiger partial charge in [-0.1, -0.05) is 18.2 Å². The molecule has 2 aliphatic rings. The van der Waals surface area contributed by atoms with Gasteiger partial charge in [-0.2, -0.15) is 26.3 Å². The molecule has 3 aromatic rings. The molecule has 1 amide bonds. The lowest BCUT2D eigenvalue weighted by molar-refractivity contribution is -0.143. The maximum Gasteiger partial charge on any atom is 0.416 e. The summed E-state index contributed by atoms with van der Waals surface area (Å²) in [4.78, 5) is 22.1. The smallest absolute Gasteiger partial charge is 0.372 e. The number of hydrogen-bond donors (Lipinski definition) is 1. The van der Waals surface area contributed by atoms with Gasteiger partial charge in [0.15, 0.2) is 0 Å². The minimum Gasteiger partial charge on any atom is -0.372 e. The summed E-state index contributed by atoms with van der Waals surface area (Å²) in [6.07, 6.45) is -7.68. The second-order valence-electron chi connectivity index (χ2n) is 9.57. The molecule has 1 aromatic heterocycles. The number of hydrogen-bond acceptors (Lipinski definition) is 5. The second-order valence-corrected chi connectivity index (χ2v) is 9.91. The Morgan fingerprint density at radius 3 is 2.20 bits per heavy atom. The van der Waals surface area contributed by atoms with E-state index < -0.39 is 36.2 Å². The van der Waals surface area contributed by atoms with Crippen LogP contribution in [0.25, 0.3) is 0 Å². The summed E-state index contributed by atoms with van der Waals surface area (Å²) in [5.41, 5.74) is -3.02. The molecule has 220 valence electrons. The Labute approximate surface area is 235 Å². The fourth-order valence-corrected chi connectivity index (χ4v) is 4.88. The number of carbonyl (C=O) groups is 1. The lowest BCUT2D eigenvalue weighted by Crippen LogP contribution is -2.46. The molecule has 2 fully saturated rings. The number of anilines is 1. The quantitative estimate of drug-likeness (QED) is 0.258. The molecule has 5 rings (SSSR count). The largest absolute Gasteiger partial charge is 0.416 e. The Kier molecular flexibility index (Phi) is 9.37. The van der Waals surface area contributed by atoms with E-state index >= 15 is 0 Å². The molecule has 0 aliphatic carbocycles. The van der Waals surface area contributed by atoms with Crippen molar-refractivity contribution in [2.45, 2.75) is 56.4 Å². The lowest BCUT2D eigenvalue weighted by atomic mass is 9.97. The van der Waals surface area contributed by atoms with Crippen molar-refractivity contribution in [1.82, 2.24) is 14.9 Å². The molecule has 41 heavy (non-hydrogen) atoms. The van der Waals surface area contributed by atoms with E-state index in [-0.39, 0.29) is 53.7 Å². The highest BCUT2D eigenvalue weighted by Gasteiger charge is 2.42. The van der Waals surface area contributed by atoms with Gasteiger partial charge in [-0.05, 0) is 66.4 Å². The number of halogens is 8. The number of amides is 1. The molecular weight excluding hydrogens is 581 g/mol. The number of nitrogens with one attached hydrogen (secondary N) is 1. The van der Waals surface area contributed by atoms with Crippen LogP contribution in [0.1, 0.15) is 36.0 Å². The molecule has 2 aliphatic heterocycles. The van der Waals surface area contributed by atoms with E-state index in [0.717, 1.165) is 0 Å². The molecule has 6 nitrogen and oxygen atoms in total. The topological polar surface area (TPSA) is 67.3 Å². The van der Waals surface area contributed by atoms with Crippen LogP contribution in [0.5, 0.6) is 0 Å². The summed E-state index contributed by atoms with van der Waals surface area (Å²) in [6.45, 7) is -0.214. The highest BCUT2D eigenvalue weighted by atomic mass is 35.5. The maximum absolute atomic E-state index is 13.1. The van der Waals surface area contributed by atoms with Gasteiger partial charge in [0, 0.05) is 31.2 Å². The number of fused-ring (bicyclic) bond motifs is 1. The summed E-state index contributed by atoms with van der Waals surface area (Å²) in [5, 5.41) is 3.20. The Hall–Kier alpha value is -3.45. The van der Waals surface area contributed by atoms with Crippen LogP contribution in [0.2, 0.25) is 5.28 Å². The van der Waals surface area contributed by atoms with Gasteiger partial charge < -0.3 is 15.0 Å². The average molecular weight is 605 g/mol. The highest BCUT2D eigenvalue weighted by Crippen LogP contribution is 2.37. The monoisotopic (exact) mass is 604 g/mol. The van der Waals surface area contributed by atoms with Crippen LogP contribution in [0.4, 0.5) is 36.6 Å². The van der Waals surface area contributed by atoms with Crippen molar-refractivity contribution in [3.05, 3.63) is 88.6 Å².